The topological polar surface area (TPSA) is 40.2 Å². The molecule has 1 aromatic carbocycles. The van der Waals surface area contributed by atoms with Crippen LogP contribution in [0.5, 0.6) is 5.75 Å². The molecule has 1 aromatic heterocycles. The molecule has 3 nitrogen and oxygen atoms in total. The molecule has 108 valence electrons. The Balaban J connectivity index is 2.29. The van der Waals surface area contributed by atoms with Gasteiger partial charge in [0.1, 0.15) is 5.75 Å². The number of nitrogens with zero attached hydrogens (tertiary/aromatic N) is 1. The van der Waals surface area contributed by atoms with Gasteiger partial charge < -0.3 is 15.0 Å². The van der Waals surface area contributed by atoms with E-state index in [1.54, 1.807) is 7.11 Å². The molecule has 1 aliphatic carbocycles. The first-order valence-electron chi connectivity index (χ1n) is 7.45. The molecule has 2 aromatic rings. The highest BCUT2D eigenvalue weighted by Crippen LogP contribution is 2.45. The van der Waals surface area contributed by atoms with E-state index in [4.69, 9.17) is 10.5 Å². The summed E-state index contributed by atoms with van der Waals surface area (Å²) >= 11 is 0. The molecule has 3 heteroatoms. The van der Waals surface area contributed by atoms with Gasteiger partial charge in [0.25, 0.3) is 0 Å². The zero-order chi connectivity index (χ0) is 14.3. The number of aryl methyl sites for hydroxylation is 2. The summed E-state index contributed by atoms with van der Waals surface area (Å²) in [7, 11) is 3.85. The number of hydrogen-bond donors (Lipinski definition) is 1. The van der Waals surface area contributed by atoms with Gasteiger partial charge in [0.05, 0.1) is 12.6 Å². The van der Waals surface area contributed by atoms with Gasteiger partial charge in [0.2, 0.25) is 0 Å². The molecule has 0 spiro atoms. The Labute approximate surface area is 120 Å². The highest BCUT2D eigenvalue weighted by Gasteiger charge is 2.36. The molecule has 1 fully saturated rings. The van der Waals surface area contributed by atoms with E-state index in [1.165, 1.54) is 47.7 Å². The maximum Gasteiger partial charge on any atom is 0.143 e. The predicted molar refractivity (Wildman–Crippen MR) is 83.4 cm³/mol. The minimum Gasteiger partial charge on any atom is -0.495 e. The van der Waals surface area contributed by atoms with Crippen LogP contribution in [-0.2, 0) is 12.5 Å². The summed E-state index contributed by atoms with van der Waals surface area (Å²) in [6.07, 6.45) is 7.26. The van der Waals surface area contributed by atoms with Gasteiger partial charge in [-0.2, -0.15) is 0 Å². The third-order valence-electron chi connectivity index (χ3n) is 4.93. The summed E-state index contributed by atoms with van der Waals surface area (Å²) in [5.41, 5.74) is 10.2. The second-order valence-corrected chi connectivity index (χ2v) is 6.21. The lowest BCUT2D eigenvalue weighted by Crippen LogP contribution is -2.31. The van der Waals surface area contributed by atoms with Gasteiger partial charge in [-0.25, -0.2) is 0 Å². The number of aromatic nitrogens is 1. The summed E-state index contributed by atoms with van der Waals surface area (Å²) in [5.74, 6) is 0.957. The molecular formula is C17H24N2O. The molecule has 0 aliphatic heterocycles. The highest BCUT2D eigenvalue weighted by atomic mass is 16.5. The van der Waals surface area contributed by atoms with E-state index in [2.05, 4.69) is 36.9 Å². The van der Waals surface area contributed by atoms with Gasteiger partial charge in [-0.05, 0) is 43.0 Å². The molecule has 0 atom stereocenters. The summed E-state index contributed by atoms with van der Waals surface area (Å²) in [5, 5.41) is 1.32. The summed E-state index contributed by atoms with van der Waals surface area (Å²) in [6.45, 7) is 2.87. The minimum atomic E-state index is 0.165. The summed E-state index contributed by atoms with van der Waals surface area (Å²) in [4.78, 5) is 0. The molecule has 0 unspecified atom stereocenters. The minimum absolute atomic E-state index is 0.165. The van der Waals surface area contributed by atoms with Crippen LogP contribution in [0.3, 0.4) is 0 Å². The van der Waals surface area contributed by atoms with Gasteiger partial charge in [0, 0.05) is 30.6 Å². The van der Waals surface area contributed by atoms with Crippen molar-refractivity contribution in [2.75, 3.05) is 13.7 Å². The van der Waals surface area contributed by atoms with Crippen molar-refractivity contribution in [3.63, 3.8) is 0 Å². The Morgan fingerprint density at radius 1 is 1.30 bits per heavy atom. The Bertz CT molecular complexity index is 636. The Hall–Kier alpha value is -1.48. The molecule has 20 heavy (non-hydrogen) atoms. The average molecular weight is 272 g/mol. The number of benzene rings is 1. The van der Waals surface area contributed by atoms with Crippen LogP contribution >= 0.6 is 0 Å². The Kier molecular flexibility index (Phi) is 3.25. The Morgan fingerprint density at radius 3 is 2.60 bits per heavy atom. The van der Waals surface area contributed by atoms with Gasteiger partial charge in [-0.1, -0.05) is 12.8 Å². The number of nitrogens with two attached hydrogens (primary N) is 1. The lowest BCUT2D eigenvalue weighted by molar-refractivity contribution is 0.417. The van der Waals surface area contributed by atoms with E-state index in [-0.39, 0.29) is 5.41 Å². The molecule has 0 radical (unpaired) electrons. The van der Waals surface area contributed by atoms with Crippen LogP contribution < -0.4 is 10.5 Å². The van der Waals surface area contributed by atoms with Crippen molar-refractivity contribution < 1.29 is 4.74 Å². The first kappa shape index (κ1) is 13.5. The maximum atomic E-state index is 6.17. The third-order valence-corrected chi connectivity index (χ3v) is 4.93. The van der Waals surface area contributed by atoms with Crippen LogP contribution in [0.25, 0.3) is 10.9 Å². The SMILES string of the molecule is COc1cc(C)cc2c(C3(CN)CCCC3)cn(C)c12. The van der Waals surface area contributed by atoms with Crippen molar-refractivity contribution in [1.29, 1.82) is 0 Å². The highest BCUT2D eigenvalue weighted by molar-refractivity contribution is 5.91. The van der Waals surface area contributed by atoms with Crippen LogP contribution in [0.1, 0.15) is 36.8 Å². The lowest BCUT2D eigenvalue weighted by atomic mass is 9.78. The standard InChI is InChI=1S/C17H24N2O/c1-12-8-13-14(17(11-18)6-4-5-7-17)10-19(2)16(13)15(9-12)20-3/h8-10H,4-7,11,18H2,1-3H3. The first-order valence-corrected chi connectivity index (χ1v) is 7.45. The van der Waals surface area contributed by atoms with Crippen LogP contribution in [-0.4, -0.2) is 18.2 Å². The van der Waals surface area contributed by atoms with E-state index in [9.17, 15) is 0 Å². The largest absolute Gasteiger partial charge is 0.495 e. The normalized spacial score (nSPS) is 17.8. The smallest absolute Gasteiger partial charge is 0.143 e. The zero-order valence-corrected chi connectivity index (χ0v) is 12.7. The van der Waals surface area contributed by atoms with Gasteiger partial charge in [-0.15, -0.1) is 0 Å². The number of ether oxygens (including phenoxy) is 1. The second-order valence-electron chi connectivity index (χ2n) is 6.21. The molecule has 1 heterocycles. The maximum absolute atomic E-state index is 6.17. The predicted octanol–water partition coefficient (Wildman–Crippen LogP) is 3.27. The molecule has 1 saturated carbocycles. The van der Waals surface area contributed by atoms with Crippen molar-refractivity contribution in [3.05, 3.63) is 29.5 Å². The fourth-order valence-corrected chi connectivity index (χ4v) is 3.86. The molecular weight excluding hydrogens is 248 g/mol. The van der Waals surface area contributed by atoms with Crippen molar-refractivity contribution in [3.8, 4) is 5.75 Å². The number of methoxy groups -OCH3 is 1. The van der Waals surface area contributed by atoms with Gasteiger partial charge in [0.15, 0.2) is 0 Å². The van der Waals surface area contributed by atoms with E-state index in [1.807, 2.05) is 0 Å². The average Bonchev–Trinajstić information content (AvgIpc) is 3.04. The summed E-state index contributed by atoms with van der Waals surface area (Å²) < 4.78 is 7.77. The second kappa shape index (κ2) is 4.81. The van der Waals surface area contributed by atoms with Crippen LogP contribution in [0.2, 0.25) is 0 Å². The number of fused-ring (bicyclic) bond motifs is 1. The zero-order valence-electron chi connectivity index (χ0n) is 12.7. The third kappa shape index (κ3) is 1.84. The summed E-state index contributed by atoms with van der Waals surface area (Å²) in [6, 6.07) is 4.39. The monoisotopic (exact) mass is 272 g/mol. The van der Waals surface area contributed by atoms with Crippen molar-refractivity contribution in [2.24, 2.45) is 12.8 Å². The quantitative estimate of drug-likeness (QED) is 0.931. The van der Waals surface area contributed by atoms with Crippen molar-refractivity contribution in [1.82, 2.24) is 4.57 Å². The molecule has 0 bridgehead atoms. The van der Waals surface area contributed by atoms with Gasteiger partial charge in [-0.3, -0.25) is 0 Å². The van der Waals surface area contributed by atoms with E-state index < -0.39 is 0 Å². The first-order chi connectivity index (χ1) is 9.61. The van der Waals surface area contributed by atoms with E-state index in [0.717, 1.165) is 12.3 Å². The van der Waals surface area contributed by atoms with Crippen LogP contribution in [0.4, 0.5) is 0 Å². The molecule has 2 N–H and O–H groups in total. The number of hydrogen-bond acceptors (Lipinski definition) is 2. The lowest BCUT2D eigenvalue weighted by Gasteiger charge is -2.27. The van der Waals surface area contributed by atoms with Crippen molar-refractivity contribution >= 4 is 10.9 Å². The van der Waals surface area contributed by atoms with Gasteiger partial charge >= 0.3 is 0 Å². The van der Waals surface area contributed by atoms with Crippen LogP contribution in [0, 0.1) is 6.92 Å². The van der Waals surface area contributed by atoms with E-state index in [0.29, 0.717) is 0 Å². The molecule has 0 amide bonds. The molecule has 3 rings (SSSR count). The fourth-order valence-electron chi connectivity index (χ4n) is 3.86. The fraction of sp³-hybridized carbons (Fsp3) is 0.529. The number of rotatable bonds is 3. The molecule has 0 saturated heterocycles. The van der Waals surface area contributed by atoms with Crippen LogP contribution in [0.15, 0.2) is 18.3 Å². The molecule has 1 aliphatic rings. The van der Waals surface area contributed by atoms with Crippen molar-refractivity contribution in [2.45, 2.75) is 38.0 Å². The Morgan fingerprint density at radius 2 is 2.00 bits per heavy atom. The van der Waals surface area contributed by atoms with E-state index >= 15 is 0 Å².